The lowest BCUT2D eigenvalue weighted by molar-refractivity contribution is 0.0790. The van der Waals surface area contributed by atoms with Crippen LogP contribution < -0.4 is 5.73 Å². The first-order valence-electron chi connectivity index (χ1n) is 5.54. The topological polar surface area (TPSA) is 92.3 Å². The van der Waals surface area contributed by atoms with Gasteiger partial charge in [0.25, 0.3) is 0 Å². The molecule has 0 aliphatic carbocycles. The fourth-order valence-electron chi connectivity index (χ4n) is 1.71. The van der Waals surface area contributed by atoms with Crippen molar-refractivity contribution in [1.29, 1.82) is 0 Å². The molecule has 1 heterocycles. The predicted octanol–water partition coefficient (Wildman–Crippen LogP) is 1.66. The minimum atomic E-state index is -1.11. The highest BCUT2D eigenvalue weighted by molar-refractivity contribution is 5.68. The van der Waals surface area contributed by atoms with E-state index in [9.17, 15) is 10.2 Å². The summed E-state index contributed by atoms with van der Waals surface area (Å²) in [6.45, 7) is 3.24. The van der Waals surface area contributed by atoms with Crippen LogP contribution in [0.1, 0.15) is 19.4 Å². The van der Waals surface area contributed by atoms with E-state index in [0.29, 0.717) is 16.8 Å². The van der Waals surface area contributed by atoms with E-state index in [-0.39, 0.29) is 11.6 Å². The highest BCUT2D eigenvalue weighted by Crippen LogP contribution is 2.31. The third kappa shape index (κ3) is 2.26. The number of nitrogen functional groups attached to an aromatic ring is 1. The predicted molar refractivity (Wildman–Crippen MR) is 68.8 cm³/mol. The van der Waals surface area contributed by atoms with Crippen molar-refractivity contribution >= 4 is 5.82 Å². The molecule has 1 aromatic heterocycles. The number of anilines is 1. The zero-order valence-electron chi connectivity index (χ0n) is 10.3. The Kier molecular flexibility index (Phi) is 2.92. The monoisotopic (exact) mass is 245 g/mol. The molecule has 0 fully saturated rings. The summed E-state index contributed by atoms with van der Waals surface area (Å²) in [5.74, 6) is 0.292. The third-order valence-electron chi connectivity index (χ3n) is 2.66. The van der Waals surface area contributed by atoms with Gasteiger partial charge in [-0.3, -0.25) is 0 Å². The summed E-state index contributed by atoms with van der Waals surface area (Å²) in [7, 11) is 0. The van der Waals surface area contributed by atoms with Crippen LogP contribution in [-0.2, 0) is 5.60 Å². The van der Waals surface area contributed by atoms with E-state index >= 15 is 0 Å². The number of aliphatic hydroxyl groups is 1. The fraction of sp³-hybridized carbons (Fsp3) is 0.231. The summed E-state index contributed by atoms with van der Waals surface area (Å²) >= 11 is 0. The van der Waals surface area contributed by atoms with Gasteiger partial charge in [0.05, 0.1) is 11.3 Å². The number of phenolic OH excluding ortho intramolecular Hbond substituents is 1. The van der Waals surface area contributed by atoms with Crippen molar-refractivity contribution in [2.24, 2.45) is 0 Å². The van der Waals surface area contributed by atoms with Crippen LogP contribution >= 0.6 is 0 Å². The van der Waals surface area contributed by atoms with Crippen LogP contribution in [0.2, 0.25) is 0 Å². The van der Waals surface area contributed by atoms with Crippen molar-refractivity contribution < 1.29 is 10.2 Å². The molecule has 4 N–H and O–H groups in total. The molecule has 18 heavy (non-hydrogen) atoms. The number of benzene rings is 1. The normalized spacial score (nSPS) is 11.5. The molecule has 0 radical (unpaired) electrons. The van der Waals surface area contributed by atoms with Crippen molar-refractivity contribution in [2.75, 3.05) is 5.73 Å². The number of nitrogens with two attached hydrogens (primary N) is 1. The molecule has 0 saturated carbocycles. The minimum Gasteiger partial charge on any atom is -0.507 e. The van der Waals surface area contributed by atoms with Crippen LogP contribution in [0.25, 0.3) is 11.3 Å². The van der Waals surface area contributed by atoms with E-state index in [1.807, 2.05) is 0 Å². The Labute approximate surface area is 105 Å². The second-order valence-electron chi connectivity index (χ2n) is 4.60. The first-order chi connectivity index (χ1) is 8.39. The molecule has 5 heteroatoms. The minimum absolute atomic E-state index is 0.110. The molecule has 2 rings (SSSR count). The molecule has 0 unspecified atom stereocenters. The molecular weight excluding hydrogens is 230 g/mol. The van der Waals surface area contributed by atoms with E-state index in [2.05, 4.69) is 10.2 Å². The second kappa shape index (κ2) is 4.27. The molecule has 94 valence electrons. The lowest BCUT2D eigenvalue weighted by Gasteiger charge is -2.19. The molecule has 0 aliphatic rings. The largest absolute Gasteiger partial charge is 0.507 e. The maximum atomic E-state index is 10.0. The van der Waals surface area contributed by atoms with Crippen LogP contribution in [0.3, 0.4) is 0 Å². The van der Waals surface area contributed by atoms with Crippen LogP contribution in [0.15, 0.2) is 30.3 Å². The van der Waals surface area contributed by atoms with Crippen LogP contribution in [-0.4, -0.2) is 20.4 Å². The zero-order chi connectivity index (χ0) is 13.3. The van der Waals surface area contributed by atoms with Gasteiger partial charge < -0.3 is 15.9 Å². The zero-order valence-corrected chi connectivity index (χ0v) is 10.3. The number of para-hydroxylation sites is 1. The van der Waals surface area contributed by atoms with Gasteiger partial charge in [0.15, 0.2) is 5.82 Å². The number of hydrogen-bond donors (Lipinski definition) is 3. The number of aromatic nitrogens is 2. The summed E-state index contributed by atoms with van der Waals surface area (Å²) in [6.07, 6.45) is 0. The average Bonchev–Trinajstić information content (AvgIpc) is 2.29. The van der Waals surface area contributed by atoms with Crippen molar-refractivity contribution in [2.45, 2.75) is 19.4 Å². The Morgan fingerprint density at radius 2 is 1.83 bits per heavy atom. The van der Waals surface area contributed by atoms with Crippen molar-refractivity contribution in [3.05, 3.63) is 35.9 Å². The van der Waals surface area contributed by atoms with Gasteiger partial charge in [-0.15, -0.1) is 10.2 Å². The van der Waals surface area contributed by atoms with Crippen molar-refractivity contribution in [3.63, 3.8) is 0 Å². The Balaban J connectivity index is 2.58. The highest BCUT2D eigenvalue weighted by atomic mass is 16.3. The summed E-state index contributed by atoms with van der Waals surface area (Å²) in [4.78, 5) is 0. The molecule has 0 atom stereocenters. The number of nitrogens with zero attached hydrogens (tertiary/aromatic N) is 2. The molecular formula is C13H15N3O2. The summed E-state index contributed by atoms with van der Waals surface area (Å²) in [5.41, 5.74) is 6.09. The quantitative estimate of drug-likeness (QED) is 0.748. The van der Waals surface area contributed by atoms with Gasteiger partial charge in [0, 0.05) is 11.1 Å². The van der Waals surface area contributed by atoms with E-state index in [0.717, 1.165) is 0 Å². The van der Waals surface area contributed by atoms with Crippen LogP contribution in [0.4, 0.5) is 5.82 Å². The Hall–Kier alpha value is -2.14. The van der Waals surface area contributed by atoms with Gasteiger partial charge >= 0.3 is 0 Å². The Morgan fingerprint density at radius 3 is 2.44 bits per heavy atom. The molecule has 1 aromatic carbocycles. The van der Waals surface area contributed by atoms with Gasteiger partial charge in [-0.25, -0.2) is 0 Å². The van der Waals surface area contributed by atoms with E-state index < -0.39 is 5.60 Å². The first-order valence-corrected chi connectivity index (χ1v) is 5.54. The number of aromatic hydroxyl groups is 1. The summed E-state index contributed by atoms with van der Waals surface area (Å²) < 4.78 is 0. The maximum absolute atomic E-state index is 10.0. The molecule has 0 amide bonds. The molecule has 0 spiro atoms. The van der Waals surface area contributed by atoms with Gasteiger partial charge in [-0.2, -0.15) is 0 Å². The highest BCUT2D eigenvalue weighted by Gasteiger charge is 2.22. The van der Waals surface area contributed by atoms with Crippen molar-refractivity contribution in [1.82, 2.24) is 10.2 Å². The molecule has 5 nitrogen and oxygen atoms in total. The lowest BCUT2D eigenvalue weighted by Crippen LogP contribution is -2.19. The van der Waals surface area contributed by atoms with Gasteiger partial charge in [0.2, 0.25) is 0 Å². The summed E-state index contributed by atoms with van der Waals surface area (Å²) in [5, 5.41) is 27.5. The fourth-order valence-corrected chi connectivity index (χ4v) is 1.71. The standard InChI is InChI=1S/C13H15N3O2/c1-13(2,18)9-7-10(15-16-12(9)14)8-5-3-4-6-11(8)17/h3-7,17-18H,1-2H3,(H2,14,16). The Morgan fingerprint density at radius 1 is 1.17 bits per heavy atom. The maximum Gasteiger partial charge on any atom is 0.152 e. The van der Waals surface area contributed by atoms with Crippen LogP contribution in [0, 0.1) is 0 Å². The molecule has 0 aliphatic heterocycles. The molecule has 2 aromatic rings. The van der Waals surface area contributed by atoms with E-state index in [1.165, 1.54) is 0 Å². The average molecular weight is 245 g/mol. The second-order valence-corrected chi connectivity index (χ2v) is 4.60. The third-order valence-corrected chi connectivity index (χ3v) is 2.66. The first kappa shape index (κ1) is 12.3. The summed E-state index contributed by atoms with van der Waals surface area (Å²) in [6, 6.07) is 8.44. The number of hydrogen-bond acceptors (Lipinski definition) is 5. The Bertz CT molecular complexity index is 577. The number of rotatable bonds is 2. The number of phenols is 1. The van der Waals surface area contributed by atoms with Crippen molar-refractivity contribution in [3.8, 4) is 17.0 Å². The van der Waals surface area contributed by atoms with E-state index in [4.69, 9.17) is 5.73 Å². The van der Waals surface area contributed by atoms with Gasteiger partial charge in [-0.05, 0) is 32.0 Å². The smallest absolute Gasteiger partial charge is 0.152 e. The SMILES string of the molecule is CC(C)(O)c1cc(-c2ccccc2O)nnc1N. The van der Waals surface area contributed by atoms with Crippen LogP contribution in [0.5, 0.6) is 5.75 Å². The molecule has 0 saturated heterocycles. The van der Waals surface area contributed by atoms with Gasteiger partial charge in [-0.1, -0.05) is 12.1 Å². The van der Waals surface area contributed by atoms with Gasteiger partial charge in [0.1, 0.15) is 5.75 Å². The lowest BCUT2D eigenvalue weighted by atomic mass is 9.97. The van der Waals surface area contributed by atoms with E-state index in [1.54, 1.807) is 44.2 Å². The molecule has 0 bridgehead atoms.